The van der Waals surface area contributed by atoms with Gasteiger partial charge in [0.2, 0.25) is 0 Å². The Bertz CT molecular complexity index is 1030. The van der Waals surface area contributed by atoms with E-state index in [0.29, 0.717) is 22.0 Å². The lowest BCUT2D eigenvalue weighted by Gasteiger charge is -2.08. The Morgan fingerprint density at radius 1 is 0.815 bits per heavy atom. The minimum Gasteiger partial charge on any atom is -0.457 e. The molecule has 0 aliphatic heterocycles. The molecule has 0 atom stereocenters. The summed E-state index contributed by atoms with van der Waals surface area (Å²) < 4.78 is 5.77. The van der Waals surface area contributed by atoms with E-state index in [1.165, 1.54) is 11.3 Å². The largest absolute Gasteiger partial charge is 0.457 e. The molecule has 5 heteroatoms. The smallest absolute Gasteiger partial charge is 0.268 e. The van der Waals surface area contributed by atoms with E-state index in [0.717, 1.165) is 11.3 Å². The van der Waals surface area contributed by atoms with E-state index in [1.807, 2.05) is 84.9 Å². The van der Waals surface area contributed by atoms with Crippen LogP contribution < -0.4 is 10.1 Å². The number of hydrogen-bond donors (Lipinski definition) is 1. The Kier molecular flexibility index (Phi) is 4.94. The molecule has 0 spiro atoms. The van der Waals surface area contributed by atoms with E-state index in [2.05, 4.69) is 10.3 Å². The van der Waals surface area contributed by atoms with E-state index in [1.54, 1.807) is 5.51 Å². The number of nitrogens with one attached hydrogen (secondary N) is 1. The summed E-state index contributed by atoms with van der Waals surface area (Å²) in [6, 6.07) is 26.6. The average Bonchev–Trinajstić information content (AvgIpc) is 3.21. The minimum absolute atomic E-state index is 0.173. The molecule has 4 nitrogen and oxygen atoms in total. The Balaban J connectivity index is 1.47. The Morgan fingerprint density at radius 3 is 2.15 bits per heavy atom. The van der Waals surface area contributed by atoms with E-state index in [9.17, 15) is 4.79 Å². The molecule has 27 heavy (non-hydrogen) atoms. The van der Waals surface area contributed by atoms with E-state index in [4.69, 9.17) is 4.74 Å². The highest BCUT2D eigenvalue weighted by Gasteiger charge is 2.16. The molecule has 0 saturated carbocycles. The van der Waals surface area contributed by atoms with Crippen LogP contribution in [0.3, 0.4) is 0 Å². The SMILES string of the molecule is O=C(Nc1ccc(Oc2ccccc2)cc1)c1scnc1-c1ccccc1. The number of hydrogen-bond acceptors (Lipinski definition) is 4. The van der Waals surface area contributed by atoms with Gasteiger partial charge >= 0.3 is 0 Å². The van der Waals surface area contributed by atoms with Gasteiger partial charge in [-0.2, -0.15) is 0 Å². The van der Waals surface area contributed by atoms with Gasteiger partial charge < -0.3 is 10.1 Å². The lowest BCUT2D eigenvalue weighted by Crippen LogP contribution is -2.11. The summed E-state index contributed by atoms with van der Waals surface area (Å²) in [5.41, 5.74) is 4.01. The van der Waals surface area contributed by atoms with Crippen LogP contribution in [0.4, 0.5) is 5.69 Å². The normalized spacial score (nSPS) is 10.4. The number of ether oxygens (including phenoxy) is 1. The zero-order valence-corrected chi connectivity index (χ0v) is 15.1. The van der Waals surface area contributed by atoms with Crippen molar-refractivity contribution in [2.75, 3.05) is 5.32 Å². The highest BCUT2D eigenvalue weighted by atomic mass is 32.1. The summed E-state index contributed by atoms with van der Waals surface area (Å²) in [4.78, 5) is 17.6. The van der Waals surface area contributed by atoms with E-state index < -0.39 is 0 Å². The molecule has 0 saturated heterocycles. The molecule has 0 radical (unpaired) electrons. The van der Waals surface area contributed by atoms with E-state index >= 15 is 0 Å². The fourth-order valence-electron chi connectivity index (χ4n) is 2.63. The lowest BCUT2D eigenvalue weighted by atomic mass is 10.1. The van der Waals surface area contributed by atoms with Crippen LogP contribution in [0.15, 0.2) is 90.4 Å². The first-order chi connectivity index (χ1) is 13.3. The fourth-order valence-corrected chi connectivity index (χ4v) is 3.33. The summed E-state index contributed by atoms with van der Waals surface area (Å²) in [5.74, 6) is 1.31. The second kappa shape index (κ2) is 7.85. The van der Waals surface area contributed by atoms with Crippen LogP contribution >= 0.6 is 11.3 Å². The number of carbonyl (C=O) groups is 1. The van der Waals surface area contributed by atoms with Gasteiger partial charge in [0.15, 0.2) is 0 Å². The molecule has 0 bridgehead atoms. The van der Waals surface area contributed by atoms with Crippen molar-refractivity contribution >= 4 is 22.9 Å². The molecule has 0 fully saturated rings. The molecule has 4 rings (SSSR count). The zero-order valence-electron chi connectivity index (χ0n) is 14.3. The van der Waals surface area contributed by atoms with Crippen molar-refractivity contribution in [3.8, 4) is 22.8 Å². The van der Waals surface area contributed by atoms with Gasteiger partial charge in [-0.3, -0.25) is 4.79 Å². The topological polar surface area (TPSA) is 51.2 Å². The highest BCUT2D eigenvalue weighted by Crippen LogP contribution is 2.27. The van der Waals surface area contributed by atoms with Crippen LogP contribution in [-0.2, 0) is 0 Å². The van der Waals surface area contributed by atoms with Gasteiger partial charge in [0.25, 0.3) is 5.91 Å². The number of benzene rings is 3. The molecule has 1 amide bonds. The molecule has 3 aromatic carbocycles. The number of aromatic nitrogens is 1. The molecule has 1 N–H and O–H groups in total. The Morgan fingerprint density at radius 2 is 1.44 bits per heavy atom. The maximum atomic E-state index is 12.7. The van der Waals surface area contributed by atoms with Crippen molar-refractivity contribution in [3.05, 3.63) is 95.3 Å². The lowest BCUT2D eigenvalue weighted by molar-refractivity contribution is 0.103. The van der Waals surface area contributed by atoms with Gasteiger partial charge in [0, 0.05) is 11.3 Å². The van der Waals surface area contributed by atoms with Gasteiger partial charge in [-0.1, -0.05) is 48.5 Å². The first-order valence-electron chi connectivity index (χ1n) is 8.43. The summed E-state index contributed by atoms with van der Waals surface area (Å²) in [7, 11) is 0. The average molecular weight is 372 g/mol. The summed E-state index contributed by atoms with van der Waals surface area (Å²) in [6.07, 6.45) is 0. The summed E-state index contributed by atoms with van der Waals surface area (Å²) >= 11 is 1.33. The highest BCUT2D eigenvalue weighted by molar-refractivity contribution is 7.12. The Hall–Kier alpha value is -3.44. The summed E-state index contributed by atoms with van der Waals surface area (Å²) in [5, 5.41) is 2.92. The number of rotatable bonds is 5. The predicted octanol–water partition coefficient (Wildman–Crippen LogP) is 5.85. The Labute approximate surface area is 161 Å². The quantitative estimate of drug-likeness (QED) is 0.478. The van der Waals surface area contributed by atoms with E-state index in [-0.39, 0.29) is 5.91 Å². The predicted molar refractivity (Wildman–Crippen MR) is 108 cm³/mol. The first kappa shape index (κ1) is 17.0. The van der Waals surface area contributed by atoms with Crippen molar-refractivity contribution in [1.82, 2.24) is 4.98 Å². The van der Waals surface area contributed by atoms with Gasteiger partial charge in [-0.05, 0) is 36.4 Å². The van der Waals surface area contributed by atoms with Crippen LogP contribution in [0.5, 0.6) is 11.5 Å². The third-order valence-corrected chi connectivity index (χ3v) is 4.74. The molecule has 0 unspecified atom stereocenters. The van der Waals surface area contributed by atoms with Crippen molar-refractivity contribution < 1.29 is 9.53 Å². The third-order valence-electron chi connectivity index (χ3n) is 3.91. The number of para-hydroxylation sites is 1. The minimum atomic E-state index is -0.173. The molecule has 4 aromatic rings. The monoisotopic (exact) mass is 372 g/mol. The maximum absolute atomic E-state index is 12.7. The molecular weight excluding hydrogens is 356 g/mol. The zero-order chi connectivity index (χ0) is 18.5. The second-order valence-corrected chi connectivity index (χ2v) is 6.64. The third kappa shape index (κ3) is 4.04. The van der Waals surface area contributed by atoms with Crippen LogP contribution in [0.2, 0.25) is 0 Å². The number of anilines is 1. The number of thiazole rings is 1. The molecule has 1 heterocycles. The second-order valence-electron chi connectivity index (χ2n) is 5.79. The van der Waals surface area contributed by atoms with Crippen LogP contribution in [0, 0.1) is 0 Å². The molecule has 132 valence electrons. The van der Waals surface area contributed by atoms with Crippen molar-refractivity contribution in [1.29, 1.82) is 0 Å². The maximum Gasteiger partial charge on any atom is 0.268 e. The van der Waals surface area contributed by atoms with Crippen molar-refractivity contribution in [2.45, 2.75) is 0 Å². The summed E-state index contributed by atoms with van der Waals surface area (Å²) in [6.45, 7) is 0. The molecule has 0 aliphatic rings. The van der Waals surface area contributed by atoms with Gasteiger partial charge in [0.1, 0.15) is 16.4 Å². The molecular formula is C22H16N2O2S. The number of nitrogens with zero attached hydrogens (tertiary/aromatic N) is 1. The number of amides is 1. The van der Waals surface area contributed by atoms with Crippen LogP contribution in [0.1, 0.15) is 9.67 Å². The molecule has 0 aliphatic carbocycles. The standard InChI is InChI=1S/C22H16N2O2S/c25-22(21-20(23-15-27-21)16-7-3-1-4-8-16)24-17-11-13-19(14-12-17)26-18-9-5-2-6-10-18/h1-15H,(H,24,25). The van der Waals surface area contributed by atoms with Crippen LogP contribution in [0.25, 0.3) is 11.3 Å². The van der Waals surface area contributed by atoms with Crippen LogP contribution in [-0.4, -0.2) is 10.9 Å². The van der Waals surface area contributed by atoms with Crippen molar-refractivity contribution in [3.63, 3.8) is 0 Å². The van der Waals surface area contributed by atoms with Gasteiger partial charge in [0.05, 0.1) is 11.2 Å². The number of carbonyl (C=O) groups excluding carboxylic acids is 1. The first-order valence-corrected chi connectivity index (χ1v) is 9.31. The van der Waals surface area contributed by atoms with Gasteiger partial charge in [-0.15, -0.1) is 11.3 Å². The van der Waals surface area contributed by atoms with Gasteiger partial charge in [-0.25, -0.2) is 4.98 Å². The van der Waals surface area contributed by atoms with Crippen molar-refractivity contribution in [2.24, 2.45) is 0 Å². The molecule has 1 aromatic heterocycles. The fraction of sp³-hybridized carbons (Fsp3) is 0.